The number of morpholine rings is 1. The third-order valence-corrected chi connectivity index (χ3v) is 4.39. The molecule has 122 valence electrons. The van der Waals surface area contributed by atoms with Gasteiger partial charge in [0.2, 0.25) is 0 Å². The van der Waals surface area contributed by atoms with Crippen molar-refractivity contribution in [2.45, 2.75) is 6.54 Å². The van der Waals surface area contributed by atoms with Crippen LogP contribution in [0.1, 0.15) is 5.56 Å². The lowest BCUT2D eigenvalue weighted by Crippen LogP contribution is -2.36. The van der Waals surface area contributed by atoms with E-state index in [1.165, 1.54) is 0 Å². The van der Waals surface area contributed by atoms with Crippen LogP contribution in [0.2, 0.25) is 0 Å². The molecule has 0 atom stereocenters. The number of benzene rings is 2. The highest BCUT2D eigenvalue weighted by Gasteiger charge is 2.13. The fourth-order valence-electron chi connectivity index (χ4n) is 2.96. The molecule has 0 spiro atoms. The molecular weight excluding hydrogens is 300 g/mol. The summed E-state index contributed by atoms with van der Waals surface area (Å²) >= 11 is 0. The Hall–Kier alpha value is -2.50. The van der Waals surface area contributed by atoms with Crippen LogP contribution in [0.3, 0.4) is 0 Å². The minimum atomic E-state index is 0.562. The molecule has 1 fully saturated rings. The normalized spacial score (nSPS) is 15.0. The van der Waals surface area contributed by atoms with Crippen LogP contribution in [0.4, 0.5) is 5.82 Å². The Morgan fingerprint density at radius 1 is 0.958 bits per heavy atom. The van der Waals surface area contributed by atoms with Crippen LogP contribution < -0.4 is 10.6 Å². The van der Waals surface area contributed by atoms with Crippen LogP contribution in [0.5, 0.6) is 0 Å². The van der Waals surface area contributed by atoms with Gasteiger partial charge in [0.25, 0.3) is 0 Å². The van der Waals surface area contributed by atoms with Gasteiger partial charge in [-0.05, 0) is 28.8 Å². The summed E-state index contributed by atoms with van der Waals surface area (Å²) in [6.45, 7) is 3.77. The number of rotatable bonds is 3. The van der Waals surface area contributed by atoms with E-state index in [1.807, 2.05) is 12.3 Å². The Labute approximate surface area is 141 Å². The lowest BCUT2D eigenvalue weighted by molar-refractivity contribution is 0.122. The minimum Gasteiger partial charge on any atom is -0.378 e. The summed E-state index contributed by atoms with van der Waals surface area (Å²) in [5.74, 6) is 0.918. The number of hydrogen-bond donors (Lipinski definition) is 1. The first-order valence-electron chi connectivity index (χ1n) is 8.22. The van der Waals surface area contributed by atoms with Crippen molar-refractivity contribution in [3.8, 4) is 11.1 Å². The molecule has 3 aromatic rings. The first-order chi connectivity index (χ1) is 11.8. The molecule has 4 rings (SSSR count). The van der Waals surface area contributed by atoms with Crippen molar-refractivity contribution < 1.29 is 4.74 Å². The molecule has 2 N–H and O–H groups in total. The van der Waals surface area contributed by atoms with E-state index < -0.39 is 0 Å². The quantitative estimate of drug-likeness (QED) is 0.803. The molecule has 0 unspecified atom stereocenters. The van der Waals surface area contributed by atoms with Crippen molar-refractivity contribution in [2.75, 3.05) is 31.2 Å². The Bertz CT molecular complexity index is 842. The van der Waals surface area contributed by atoms with Crippen molar-refractivity contribution in [1.82, 2.24) is 9.97 Å². The van der Waals surface area contributed by atoms with E-state index in [2.05, 4.69) is 46.3 Å². The SMILES string of the molecule is NCc1ccc(-c2ccc3ncc(N4CCOCC4)nc3c2)cc1. The van der Waals surface area contributed by atoms with Crippen LogP contribution in [0, 0.1) is 0 Å². The van der Waals surface area contributed by atoms with Crippen molar-refractivity contribution in [1.29, 1.82) is 0 Å². The van der Waals surface area contributed by atoms with E-state index in [9.17, 15) is 0 Å². The van der Waals surface area contributed by atoms with Crippen molar-refractivity contribution >= 4 is 16.9 Å². The van der Waals surface area contributed by atoms with E-state index >= 15 is 0 Å². The monoisotopic (exact) mass is 320 g/mol. The minimum absolute atomic E-state index is 0.562. The predicted octanol–water partition coefficient (Wildman–Crippen LogP) is 2.59. The van der Waals surface area contributed by atoms with Gasteiger partial charge < -0.3 is 15.4 Å². The topological polar surface area (TPSA) is 64.3 Å². The molecule has 5 heteroatoms. The Balaban J connectivity index is 1.69. The number of fused-ring (bicyclic) bond motifs is 1. The number of anilines is 1. The largest absolute Gasteiger partial charge is 0.378 e. The summed E-state index contributed by atoms with van der Waals surface area (Å²) in [5, 5.41) is 0. The van der Waals surface area contributed by atoms with Crippen molar-refractivity contribution in [3.05, 3.63) is 54.2 Å². The Kier molecular flexibility index (Phi) is 4.11. The number of nitrogens with two attached hydrogens (primary N) is 1. The lowest BCUT2D eigenvalue weighted by Gasteiger charge is -2.27. The average Bonchev–Trinajstić information content (AvgIpc) is 2.68. The average molecular weight is 320 g/mol. The van der Waals surface area contributed by atoms with Crippen molar-refractivity contribution in [3.63, 3.8) is 0 Å². The standard InChI is InChI=1S/C19H20N4O/c20-12-14-1-3-15(4-2-14)16-5-6-17-18(11-16)22-19(13-21-17)23-7-9-24-10-8-23/h1-6,11,13H,7-10,12,20H2. The smallest absolute Gasteiger partial charge is 0.148 e. The van der Waals surface area contributed by atoms with E-state index in [0.717, 1.165) is 59.8 Å². The number of hydrogen-bond acceptors (Lipinski definition) is 5. The Morgan fingerprint density at radius 2 is 1.71 bits per heavy atom. The fraction of sp³-hybridized carbons (Fsp3) is 0.263. The van der Waals surface area contributed by atoms with Gasteiger partial charge >= 0.3 is 0 Å². The number of aromatic nitrogens is 2. The second-order valence-corrected chi connectivity index (χ2v) is 5.93. The molecule has 1 aliphatic heterocycles. The van der Waals surface area contributed by atoms with E-state index in [4.69, 9.17) is 15.5 Å². The van der Waals surface area contributed by atoms with Crippen LogP contribution in [-0.2, 0) is 11.3 Å². The molecule has 0 saturated carbocycles. The molecule has 0 radical (unpaired) electrons. The molecule has 1 aromatic heterocycles. The van der Waals surface area contributed by atoms with Crippen LogP contribution in [0.25, 0.3) is 22.2 Å². The molecule has 1 aliphatic rings. The first-order valence-corrected chi connectivity index (χ1v) is 8.22. The van der Waals surface area contributed by atoms with Gasteiger partial charge in [-0.15, -0.1) is 0 Å². The van der Waals surface area contributed by atoms with Gasteiger partial charge in [0.15, 0.2) is 0 Å². The van der Waals surface area contributed by atoms with Crippen molar-refractivity contribution in [2.24, 2.45) is 5.73 Å². The molecule has 2 heterocycles. The number of ether oxygens (including phenoxy) is 1. The maximum atomic E-state index is 5.67. The van der Waals surface area contributed by atoms with Gasteiger partial charge in [0, 0.05) is 19.6 Å². The molecule has 0 aliphatic carbocycles. The first kappa shape index (κ1) is 15.1. The van der Waals surface area contributed by atoms with Gasteiger partial charge in [0.1, 0.15) is 5.82 Å². The molecule has 24 heavy (non-hydrogen) atoms. The summed E-state index contributed by atoms with van der Waals surface area (Å²) < 4.78 is 5.41. The second kappa shape index (κ2) is 6.55. The summed E-state index contributed by atoms with van der Waals surface area (Å²) in [6.07, 6.45) is 1.85. The molecule has 2 aromatic carbocycles. The summed E-state index contributed by atoms with van der Waals surface area (Å²) in [5.41, 5.74) is 10.9. The molecule has 0 bridgehead atoms. The zero-order chi connectivity index (χ0) is 16.4. The molecule has 0 amide bonds. The van der Waals surface area contributed by atoms with Gasteiger partial charge in [0.05, 0.1) is 30.4 Å². The molecule has 1 saturated heterocycles. The maximum Gasteiger partial charge on any atom is 0.148 e. The predicted molar refractivity (Wildman–Crippen MR) is 95.9 cm³/mol. The third-order valence-electron chi connectivity index (χ3n) is 4.39. The fourth-order valence-corrected chi connectivity index (χ4v) is 2.96. The Morgan fingerprint density at radius 3 is 2.46 bits per heavy atom. The third kappa shape index (κ3) is 2.96. The number of nitrogens with zero attached hydrogens (tertiary/aromatic N) is 3. The van der Waals surface area contributed by atoms with Crippen LogP contribution in [0.15, 0.2) is 48.7 Å². The van der Waals surface area contributed by atoms with E-state index in [-0.39, 0.29) is 0 Å². The zero-order valence-electron chi connectivity index (χ0n) is 13.5. The second-order valence-electron chi connectivity index (χ2n) is 5.93. The van der Waals surface area contributed by atoms with Crippen LogP contribution in [-0.4, -0.2) is 36.3 Å². The van der Waals surface area contributed by atoms with Gasteiger partial charge in [-0.2, -0.15) is 0 Å². The van der Waals surface area contributed by atoms with Gasteiger partial charge in [-0.1, -0.05) is 30.3 Å². The van der Waals surface area contributed by atoms with E-state index in [1.54, 1.807) is 0 Å². The highest BCUT2D eigenvalue weighted by molar-refractivity contribution is 5.82. The van der Waals surface area contributed by atoms with Crippen LogP contribution >= 0.6 is 0 Å². The maximum absolute atomic E-state index is 5.67. The highest BCUT2D eigenvalue weighted by Crippen LogP contribution is 2.24. The highest BCUT2D eigenvalue weighted by atomic mass is 16.5. The summed E-state index contributed by atoms with van der Waals surface area (Å²) in [4.78, 5) is 11.6. The van der Waals surface area contributed by atoms with E-state index in [0.29, 0.717) is 6.54 Å². The lowest BCUT2D eigenvalue weighted by atomic mass is 10.0. The summed E-state index contributed by atoms with van der Waals surface area (Å²) in [6, 6.07) is 14.5. The van der Waals surface area contributed by atoms with Gasteiger partial charge in [-0.25, -0.2) is 4.98 Å². The van der Waals surface area contributed by atoms with Gasteiger partial charge in [-0.3, -0.25) is 4.98 Å². The summed E-state index contributed by atoms with van der Waals surface area (Å²) in [7, 11) is 0. The zero-order valence-corrected chi connectivity index (χ0v) is 13.5. The molecule has 5 nitrogen and oxygen atoms in total. The molecular formula is C19H20N4O.